The molecule has 0 aromatic heterocycles. The van der Waals surface area contributed by atoms with Crippen LogP contribution in [0.2, 0.25) is 0 Å². The van der Waals surface area contributed by atoms with Crippen LogP contribution >= 0.6 is 0 Å². The van der Waals surface area contributed by atoms with Gasteiger partial charge in [-0.2, -0.15) is 0 Å². The van der Waals surface area contributed by atoms with E-state index in [1.807, 2.05) is 21.1 Å². The number of carboxylic acid groups (broad SMARTS) is 1. The van der Waals surface area contributed by atoms with Crippen molar-refractivity contribution in [1.82, 2.24) is 0 Å². The van der Waals surface area contributed by atoms with Crippen molar-refractivity contribution in [3.63, 3.8) is 0 Å². The van der Waals surface area contributed by atoms with Crippen LogP contribution < -0.4 is 0 Å². The Morgan fingerprint density at radius 1 is 0.414 bits per heavy atom. The monoisotopic (exact) mass is 993 g/mol. The number of aliphatic carboxylic acids is 1. The lowest BCUT2D eigenvalue weighted by Crippen LogP contribution is -2.40. The summed E-state index contributed by atoms with van der Waals surface area (Å²) in [5.74, 6) is -1.99. The summed E-state index contributed by atoms with van der Waals surface area (Å²) in [6.07, 6.45) is 58.8. The molecular weight excluding hydrogens is 875 g/mol. The molecule has 2 unspecified atom stereocenters. The van der Waals surface area contributed by atoms with Crippen molar-refractivity contribution in [2.75, 3.05) is 47.5 Å². The van der Waals surface area contributed by atoms with Gasteiger partial charge in [0.05, 0.1) is 34.4 Å². The maximum Gasteiger partial charge on any atom is 0.361 e. The zero-order chi connectivity index (χ0) is 51.3. The number of ether oxygens (including phenoxy) is 4. The molecule has 0 amide bonds. The molecule has 0 aliphatic heterocycles. The van der Waals surface area contributed by atoms with Crippen LogP contribution in [0.3, 0.4) is 0 Å². The standard InChI is InChI=1S/C61H117NO8/c1-6-8-10-12-14-16-18-20-22-23-24-25-26-27-28-29-30-31-32-33-34-35-36-38-39-41-43-45-47-49-51-58(63)68-55-57(56-69-61(60(65)66)67-54-53-62(3,4)5)70-59(64)52-50-48-46-44-42-40-37-21-19-17-15-13-11-9-7-2/h21,37,57,61H,6-20,22-36,38-56H2,1-5H3/p+1/b37-21-. The highest BCUT2D eigenvalue weighted by atomic mass is 16.7. The van der Waals surface area contributed by atoms with Gasteiger partial charge < -0.3 is 28.5 Å². The minimum absolute atomic E-state index is 0.179. The fourth-order valence-electron chi connectivity index (χ4n) is 9.07. The molecule has 1 N–H and O–H groups in total. The van der Waals surface area contributed by atoms with Gasteiger partial charge in [-0.05, 0) is 38.5 Å². The smallest absolute Gasteiger partial charge is 0.361 e. The lowest BCUT2D eigenvalue weighted by molar-refractivity contribution is -0.870. The number of hydrogen-bond acceptors (Lipinski definition) is 7. The Hall–Kier alpha value is -1.97. The summed E-state index contributed by atoms with van der Waals surface area (Å²) in [4.78, 5) is 37.4. The molecule has 9 heteroatoms. The van der Waals surface area contributed by atoms with E-state index in [0.717, 1.165) is 51.4 Å². The summed E-state index contributed by atoms with van der Waals surface area (Å²) >= 11 is 0. The van der Waals surface area contributed by atoms with E-state index >= 15 is 0 Å². The molecule has 2 atom stereocenters. The second kappa shape index (κ2) is 53.3. The molecule has 0 saturated carbocycles. The average molecular weight is 994 g/mol. The summed E-state index contributed by atoms with van der Waals surface area (Å²) in [5, 5.41) is 9.69. The topological polar surface area (TPSA) is 108 Å². The molecule has 0 aromatic carbocycles. The van der Waals surface area contributed by atoms with E-state index in [4.69, 9.17) is 18.9 Å². The maximum absolute atomic E-state index is 12.8. The fraction of sp³-hybridized carbons (Fsp3) is 0.918. The van der Waals surface area contributed by atoms with Gasteiger partial charge in [0, 0.05) is 12.8 Å². The van der Waals surface area contributed by atoms with Crippen molar-refractivity contribution in [1.29, 1.82) is 0 Å². The first kappa shape index (κ1) is 68.0. The molecule has 0 aromatic rings. The van der Waals surface area contributed by atoms with Crippen molar-refractivity contribution in [2.45, 2.75) is 315 Å². The molecule has 0 radical (unpaired) electrons. The SMILES string of the molecule is CCCCCCCC/C=C\CCCCCCCC(=O)OC(COC(=O)CCCCCCCCCCCCCCCCCCCCCCCCCCCCCCCC)COC(OCC[N+](C)(C)C)C(=O)O. The summed E-state index contributed by atoms with van der Waals surface area (Å²) in [6, 6.07) is 0. The average Bonchev–Trinajstić information content (AvgIpc) is 3.33. The van der Waals surface area contributed by atoms with Crippen LogP contribution in [0.15, 0.2) is 12.2 Å². The first-order chi connectivity index (χ1) is 34.1. The van der Waals surface area contributed by atoms with Crippen LogP contribution in [0.5, 0.6) is 0 Å². The van der Waals surface area contributed by atoms with Gasteiger partial charge in [0.15, 0.2) is 6.10 Å². The number of carboxylic acids is 1. The number of esters is 2. The maximum atomic E-state index is 12.8. The van der Waals surface area contributed by atoms with Crippen LogP contribution in [-0.4, -0.2) is 87.4 Å². The van der Waals surface area contributed by atoms with Gasteiger partial charge in [0.1, 0.15) is 13.2 Å². The fourth-order valence-corrected chi connectivity index (χ4v) is 9.07. The van der Waals surface area contributed by atoms with E-state index in [0.29, 0.717) is 23.9 Å². The predicted octanol–water partition coefficient (Wildman–Crippen LogP) is 17.7. The van der Waals surface area contributed by atoms with Crippen molar-refractivity contribution in [3.8, 4) is 0 Å². The molecule has 0 bridgehead atoms. The van der Waals surface area contributed by atoms with Gasteiger partial charge in [0.2, 0.25) is 0 Å². The molecule has 0 spiro atoms. The summed E-state index contributed by atoms with van der Waals surface area (Å²) in [7, 11) is 5.97. The molecule has 70 heavy (non-hydrogen) atoms. The van der Waals surface area contributed by atoms with Crippen LogP contribution in [0.25, 0.3) is 0 Å². The van der Waals surface area contributed by atoms with E-state index in [2.05, 4.69) is 26.0 Å². The van der Waals surface area contributed by atoms with E-state index < -0.39 is 24.3 Å². The zero-order valence-electron chi connectivity index (χ0n) is 47.2. The van der Waals surface area contributed by atoms with Gasteiger partial charge in [0.25, 0.3) is 6.29 Å². The Bertz CT molecular complexity index is 1150. The molecule has 0 aliphatic rings. The van der Waals surface area contributed by atoms with Crippen LogP contribution in [-0.2, 0) is 33.3 Å². The molecule has 9 nitrogen and oxygen atoms in total. The predicted molar refractivity (Wildman–Crippen MR) is 295 cm³/mol. The molecule has 0 heterocycles. The number of nitrogens with zero attached hydrogens (tertiary/aromatic N) is 1. The first-order valence-electron chi connectivity index (χ1n) is 30.4. The van der Waals surface area contributed by atoms with E-state index in [-0.39, 0.29) is 32.2 Å². The number of carbonyl (C=O) groups excluding carboxylic acids is 2. The number of likely N-dealkylation sites (N-methyl/N-ethyl adjacent to an activating group) is 1. The van der Waals surface area contributed by atoms with Gasteiger partial charge >= 0.3 is 17.9 Å². The quantitative estimate of drug-likeness (QED) is 0.0211. The van der Waals surface area contributed by atoms with Gasteiger partial charge in [-0.3, -0.25) is 9.59 Å². The van der Waals surface area contributed by atoms with Gasteiger partial charge in [-0.25, -0.2) is 4.79 Å². The molecule has 0 rings (SSSR count). The van der Waals surface area contributed by atoms with Crippen LogP contribution in [0.1, 0.15) is 303 Å². The number of carbonyl (C=O) groups is 3. The minimum Gasteiger partial charge on any atom is -0.477 e. The highest BCUT2D eigenvalue weighted by Gasteiger charge is 2.25. The summed E-state index contributed by atoms with van der Waals surface area (Å²) < 4.78 is 22.9. The van der Waals surface area contributed by atoms with Crippen molar-refractivity contribution < 1.29 is 42.9 Å². The van der Waals surface area contributed by atoms with E-state index in [9.17, 15) is 19.5 Å². The summed E-state index contributed by atoms with van der Waals surface area (Å²) in [5.41, 5.74) is 0. The minimum atomic E-state index is -1.51. The Labute approximate surface area is 434 Å². The number of hydrogen-bond donors (Lipinski definition) is 1. The molecule has 0 fully saturated rings. The second-order valence-corrected chi connectivity index (χ2v) is 22.0. The Morgan fingerprint density at radius 3 is 1.06 bits per heavy atom. The Morgan fingerprint density at radius 2 is 0.729 bits per heavy atom. The van der Waals surface area contributed by atoms with Crippen molar-refractivity contribution in [2.24, 2.45) is 0 Å². The van der Waals surface area contributed by atoms with Crippen LogP contribution in [0.4, 0.5) is 0 Å². The zero-order valence-corrected chi connectivity index (χ0v) is 47.2. The molecule has 414 valence electrons. The first-order valence-corrected chi connectivity index (χ1v) is 30.4. The third kappa shape index (κ3) is 53.8. The lowest BCUT2D eigenvalue weighted by Gasteiger charge is -2.25. The second-order valence-electron chi connectivity index (χ2n) is 22.0. The van der Waals surface area contributed by atoms with E-state index in [1.165, 1.54) is 218 Å². The number of allylic oxidation sites excluding steroid dienone is 2. The van der Waals surface area contributed by atoms with E-state index in [1.54, 1.807) is 0 Å². The number of quaternary nitrogens is 1. The highest BCUT2D eigenvalue weighted by Crippen LogP contribution is 2.18. The number of unbranched alkanes of at least 4 members (excludes halogenated alkanes) is 40. The van der Waals surface area contributed by atoms with Crippen LogP contribution in [0, 0.1) is 0 Å². The third-order valence-corrected chi connectivity index (χ3v) is 13.8. The van der Waals surface area contributed by atoms with Crippen molar-refractivity contribution >= 4 is 17.9 Å². The molecular formula is C61H118NO8+. The van der Waals surface area contributed by atoms with Crippen molar-refractivity contribution in [3.05, 3.63) is 12.2 Å². The highest BCUT2D eigenvalue weighted by molar-refractivity contribution is 5.71. The number of rotatable bonds is 57. The molecule has 0 saturated heterocycles. The molecule has 0 aliphatic carbocycles. The normalized spacial score (nSPS) is 12.8. The third-order valence-electron chi connectivity index (χ3n) is 13.8. The lowest BCUT2D eigenvalue weighted by atomic mass is 10.0. The Kier molecular flexibility index (Phi) is 51.8. The largest absolute Gasteiger partial charge is 0.477 e. The Balaban J connectivity index is 4.06. The summed E-state index contributed by atoms with van der Waals surface area (Å²) in [6.45, 7) is 4.91. The van der Waals surface area contributed by atoms with Gasteiger partial charge in [-0.1, -0.05) is 264 Å². The van der Waals surface area contributed by atoms with Gasteiger partial charge in [-0.15, -0.1) is 0 Å².